The number of halogens is 1. The van der Waals surface area contributed by atoms with Crippen LogP contribution < -0.4 is 5.32 Å². The molecule has 2 atom stereocenters. The molecule has 0 saturated carbocycles. The van der Waals surface area contributed by atoms with Crippen LogP contribution in [0.1, 0.15) is 37.3 Å². The van der Waals surface area contributed by atoms with E-state index in [9.17, 15) is 14.3 Å². The monoisotopic (exact) mass is 319 g/mol. The molecule has 1 heterocycles. The highest BCUT2D eigenvalue weighted by Gasteiger charge is 2.25. The summed E-state index contributed by atoms with van der Waals surface area (Å²) in [4.78, 5) is 12.1. The third kappa shape index (κ3) is 4.63. The number of rotatable bonds is 6. The molecule has 0 radical (unpaired) electrons. The first-order valence-corrected chi connectivity index (χ1v) is 7.51. The van der Waals surface area contributed by atoms with Crippen LogP contribution in [-0.4, -0.2) is 27.3 Å². The van der Waals surface area contributed by atoms with Crippen molar-refractivity contribution in [2.24, 2.45) is 7.05 Å². The lowest BCUT2D eigenvalue weighted by Gasteiger charge is -2.22. The number of nitrogens with zero attached hydrogens (tertiary/aromatic N) is 2. The number of amides is 1. The SMILES string of the molecule is C[C@@H](CC(=O)NC[C@@](C)(O)c1cnn(C)c1)c1ccc(F)cc1. The van der Waals surface area contributed by atoms with Crippen molar-refractivity contribution in [1.82, 2.24) is 15.1 Å². The van der Waals surface area contributed by atoms with Gasteiger partial charge in [0.2, 0.25) is 5.91 Å². The zero-order valence-corrected chi connectivity index (χ0v) is 13.6. The number of aliphatic hydroxyl groups is 1. The summed E-state index contributed by atoms with van der Waals surface area (Å²) in [7, 11) is 1.77. The Morgan fingerprint density at radius 3 is 2.65 bits per heavy atom. The van der Waals surface area contributed by atoms with Gasteiger partial charge in [-0.15, -0.1) is 0 Å². The molecule has 1 amide bonds. The summed E-state index contributed by atoms with van der Waals surface area (Å²) in [6.07, 6.45) is 3.56. The van der Waals surface area contributed by atoms with E-state index in [0.717, 1.165) is 5.56 Å². The van der Waals surface area contributed by atoms with Crippen LogP contribution >= 0.6 is 0 Å². The molecule has 0 bridgehead atoms. The lowest BCUT2D eigenvalue weighted by molar-refractivity contribution is -0.122. The van der Waals surface area contributed by atoms with Gasteiger partial charge in [-0.05, 0) is 30.5 Å². The van der Waals surface area contributed by atoms with Crippen molar-refractivity contribution in [3.8, 4) is 0 Å². The smallest absolute Gasteiger partial charge is 0.220 e. The molecule has 2 aromatic rings. The fourth-order valence-electron chi connectivity index (χ4n) is 2.33. The first-order chi connectivity index (χ1) is 10.8. The Kier molecular flexibility index (Phi) is 5.15. The van der Waals surface area contributed by atoms with Crippen molar-refractivity contribution < 1.29 is 14.3 Å². The minimum Gasteiger partial charge on any atom is -0.383 e. The Balaban J connectivity index is 1.88. The number of carbonyl (C=O) groups is 1. The number of nitrogens with one attached hydrogen (secondary N) is 1. The number of hydrogen-bond acceptors (Lipinski definition) is 3. The van der Waals surface area contributed by atoms with E-state index in [1.807, 2.05) is 6.92 Å². The Morgan fingerprint density at radius 1 is 1.43 bits per heavy atom. The topological polar surface area (TPSA) is 67.2 Å². The molecule has 2 rings (SSSR count). The molecule has 0 spiro atoms. The molecule has 0 aliphatic heterocycles. The van der Waals surface area contributed by atoms with E-state index in [0.29, 0.717) is 5.56 Å². The molecule has 0 aliphatic rings. The molecule has 6 heteroatoms. The predicted octanol–water partition coefficient (Wildman–Crippen LogP) is 2.08. The van der Waals surface area contributed by atoms with Crippen LogP contribution in [0, 0.1) is 5.82 Å². The Bertz CT molecular complexity index is 665. The maximum atomic E-state index is 12.9. The Morgan fingerprint density at radius 2 is 2.09 bits per heavy atom. The zero-order valence-electron chi connectivity index (χ0n) is 13.6. The summed E-state index contributed by atoms with van der Waals surface area (Å²) in [5.74, 6) is -0.483. The van der Waals surface area contributed by atoms with Gasteiger partial charge in [-0.25, -0.2) is 4.39 Å². The maximum Gasteiger partial charge on any atom is 0.220 e. The van der Waals surface area contributed by atoms with Gasteiger partial charge < -0.3 is 10.4 Å². The molecule has 5 nitrogen and oxygen atoms in total. The van der Waals surface area contributed by atoms with Crippen LogP contribution in [0.25, 0.3) is 0 Å². The molecule has 0 fully saturated rings. The van der Waals surface area contributed by atoms with E-state index in [1.54, 1.807) is 43.2 Å². The summed E-state index contributed by atoms with van der Waals surface area (Å²) >= 11 is 0. The molecular formula is C17H22FN3O2. The second kappa shape index (κ2) is 6.91. The lowest BCUT2D eigenvalue weighted by Crippen LogP contribution is -2.38. The van der Waals surface area contributed by atoms with Crippen molar-refractivity contribution in [2.45, 2.75) is 31.8 Å². The highest BCUT2D eigenvalue weighted by atomic mass is 19.1. The quantitative estimate of drug-likeness (QED) is 0.856. The average molecular weight is 319 g/mol. The van der Waals surface area contributed by atoms with Gasteiger partial charge in [-0.3, -0.25) is 9.48 Å². The number of carbonyl (C=O) groups excluding carboxylic acids is 1. The van der Waals surface area contributed by atoms with Crippen LogP contribution in [0.5, 0.6) is 0 Å². The molecule has 0 saturated heterocycles. The van der Waals surface area contributed by atoms with E-state index < -0.39 is 5.60 Å². The van der Waals surface area contributed by atoms with Gasteiger partial charge in [0.1, 0.15) is 11.4 Å². The third-order valence-electron chi connectivity index (χ3n) is 3.89. The summed E-state index contributed by atoms with van der Waals surface area (Å²) in [5.41, 5.74) is 0.371. The van der Waals surface area contributed by atoms with Gasteiger partial charge in [0.15, 0.2) is 0 Å². The van der Waals surface area contributed by atoms with Crippen LogP contribution in [0.15, 0.2) is 36.7 Å². The molecule has 1 aromatic carbocycles. The minimum absolute atomic E-state index is 0.0288. The van der Waals surface area contributed by atoms with Gasteiger partial charge in [0.25, 0.3) is 0 Å². The molecule has 124 valence electrons. The highest BCUT2D eigenvalue weighted by Crippen LogP contribution is 2.21. The maximum absolute atomic E-state index is 12.9. The minimum atomic E-state index is -1.18. The summed E-state index contributed by atoms with van der Waals surface area (Å²) in [6.45, 7) is 3.65. The first-order valence-electron chi connectivity index (χ1n) is 7.51. The summed E-state index contributed by atoms with van der Waals surface area (Å²) in [5, 5.41) is 17.2. The highest BCUT2D eigenvalue weighted by molar-refractivity contribution is 5.76. The lowest BCUT2D eigenvalue weighted by atomic mass is 9.96. The van der Waals surface area contributed by atoms with Gasteiger partial charge >= 0.3 is 0 Å². The van der Waals surface area contributed by atoms with E-state index in [-0.39, 0.29) is 30.6 Å². The number of benzene rings is 1. The predicted molar refractivity (Wildman–Crippen MR) is 85.2 cm³/mol. The molecule has 1 aromatic heterocycles. The van der Waals surface area contributed by atoms with Crippen molar-refractivity contribution in [3.05, 3.63) is 53.6 Å². The van der Waals surface area contributed by atoms with Crippen molar-refractivity contribution in [1.29, 1.82) is 0 Å². The van der Waals surface area contributed by atoms with Crippen LogP contribution in [0.3, 0.4) is 0 Å². The van der Waals surface area contributed by atoms with Crippen LogP contribution in [0.4, 0.5) is 4.39 Å². The zero-order chi connectivity index (χ0) is 17.0. The molecule has 2 N–H and O–H groups in total. The molecule has 0 unspecified atom stereocenters. The third-order valence-corrected chi connectivity index (χ3v) is 3.89. The van der Waals surface area contributed by atoms with E-state index in [1.165, 1.54) is 12.1 Å². The van der Waals surface area contributed by atoms with E-state index in [2.05, 4.69) is 10.4 Å². The van der Waals surface area contributed by atoms with Gasteiger partial charge in [-0.2, -0.15) is 5.10 Å². The second-order valence-corrected chi connectivity index (χ2v) is 6.11. The van der Waals surface area contributed by atoms with Gasteiger partial charge in [0.05, 0.1) is 12.7 Å². The fourth-order valence-corrected chi connectivity index (χ4v) is 2.33. The van der Waals surface area contributed by atoms with Crippen molar-refractivity contribution in [2.75, 3.05) is 6.54 Å². The van der Waals surface area contributed by atoms with Crippen LogP contribution in [-0.2, 0) is 17.4 Å². The summed E-state index contributed by atoms with van der Waals surface area (Å²) in [6, 6.07) is 6.13. The second-order valence-electron chi connectivity index (χ2n) is 6.11. The molecule has 23 heavy (non-hydrogen) atoms. The first kappa shape index (κ1) is 17.1. The summed E-state index contributed by atoms with van der Waals surface area (Å²) < 4.78 is 14.5. The fraction of sp³-hybridized carbons (Fsp3) is 0.412. The largest absolute Gasteiger partial charge is 0.383 e. The van der Waals surface area contributed by atoms with Crippen molar-refractivity contribution >= 4 is 5.91 Å². The normalized spacial score (nSPS) is 15.0. The number of aromatic nitrogens is 2. The van der Waals surface area contributed by atoms with Gasteiger partial charge in [-0.1, -0.05) is 19.1 Å². The molecular weight excluding hydrogens is 297 g/mol. The number of hydrogen-bond donors (Lipinski definition) is 2. The average Bonchev–Trinajstić information content (AvgIpc) is 2.93. The Labute approximate surface area is 135 Å². The van der Waals surface area contributed by atoms with Crippen LogP contribution in [0.2, 0.25) is 0 Å². The Hall–Kier alpha value is -2.21. The number of aryl methyl sites for hydroxylation is 1. The van der Waals surface area contributed by atoms with E-state index >= 15 is 0 Å². The van der Waals surface area contributed by atoms with E-state index in [4.69, 9.17) is 0 Å². The van der Waals surface area contributed by atoms with Gasteiger partial charge in [0, 0.05) is 25.2 Å². The van der Waals surface area contributed by atoms with Crippen molar-refractivity contribution in [3.63, 3.8) is 0 Å². The standard InChI is InChI=1S/C17H22FN3O2/c1-12(13-4-6-15(18)7-5-13)8-16(22)19-11-17(2,23)14-9-20-21(3)10-14/h4-7,9-10,12,23H,8,11H2,1-3H3,(H,19,22)/t12-,17+/m0/s1. The molecule has 0 aliphatic carbocycles.